The average Bonchev–Trinajstić information content (AvgIpc) is 2.85. The number of hydrogen-bond donors (Lipinski definition) is 2. The number of hydrogen-bond acceptors (Lipinski definition) is 3. The number of carboxylic acids is 1. The van der Waals surface area contributed by atoms with E-state index in [-0.39, 0.29) is 12.5 Å². The topological polar surface area (TPSA) is 74.6 Å². The van der Waals surface area contributed by atoms with E-state index < -0.39 is 5.97 Å². The van der Waals surface area contributed by atoms with Crippen LogP contribution in [-0.2, 0) is 11.3 Å². The molecule has 1 aliphatic rings. The van der Waals surface area contributed by atoms with E-state index >= 15 is 0 Å². The van der Waals surface area contributed by atoms with Gasteiger partial charge in [-0.2, -0.15) is 0 Å². The Labute approximate surface area is 118 Å². The minimum absolute atomic E-state index is 0.195. The van der Waals surface area contributed by atoms with E-state index in [9.17, 15) is 9.59 Å². The molecule has 2 N–H and O–H groups in total. The van der Waals surface area contributed by atoms with E-state index in [0.29, 0.717) is 18.3 Å². The number of likely N-dealkylation sites (tertiary alicyclic amines) is 1. The number of aromatic nitrogens is 1. The maximum Gasteiger partial charge on any atom is 0.323 e. The first kappa shape index (κ1) is 14.6. The van der Waals surface area contributed by atoms with Crippen molar-refractivity contribution in [3.8, 4) is 0 Å². The zero-order valence-electron chi connectivity index (χ0n) is 11.7. The van der Waals surface area contributed by atoms with E-state index in [1.165, 1.54) is 17.4 Å². The van der Waals surface area contributed by atoms with Crippen LogP contribution in [0.4, 0.5) is 0 Å². The van der Waals surface area contributed by atoms with Gasteiger partial charge < -0.3 is 19.9 Å². The Morgan fingerprint density at radius 2 is 2.25 bits per heavy atom. The molecule has 0 bridgehead atoms. The molecule has 1 atom stereocenters. The number of likely N-dealkylation sites (N-methyl/N-ethyl adjacent to an activating group) is 1. The summed E-state index contributed by atoms with van der Waals surface area (Å²) in [6, 6.07) is 3.70. The highest BCUT2D eigenvalue weighted by Gasteiger charge is 2.20. The molecule has 1 unspecified atom stereocenters. The Kier molecular flexibility index (Phi) is 4.79. The van der Waals surface area contributed by atoms with Gasteiger partial charge >= 0.3 is 5.97 Å². The third-order valence-corrected chi connectivity index (χ3v) is 3.79. The lowest BCUT2D eigenvalue weighted by Gasteiger charge is -2.32. The van der Waals surface area contributed by atoms with Crippen LogP contribution in [0.15, 0.2) is 18.3 Å². The third kappa shape index (κ3) is 3.60. The van der Waals surface area contributed by atoms with Gasteiger partial charge in [0, 0.05) is 18.8 Å². The van der Waals surface area contributed by atoms with Gasteiger partial charge in [-0.15, -0.1) is 0 Å². The lowest BCUT2D eigenvalue weighted by atomic mass is 10.0. The minimum Gasteiger partial charge on any atom is -0.480 e. The van der Waals surface area contributed by atoms with Crippen molar-refractivity contribution in [1.82, 2.24) is 14.8 Å². The van der Waals surface area contributed by atoms with E-state index in [1.807, 2.05) is 0 Å². The number of carbonyl (C=O) groups excluding carboxylic acids is 1. The molecule has 1 aliphatic heterocycles. The number of rotatable bonds is 5. The van der Waals surface area contributed by atoms with Crippen LogP contribution in [0.1, 0.15) is 29.8 Å². The second kappa shape index (κ2) is 6.56. The van der Waals surface area contributed by atoms with Crippen LogP contribution in [0.2, 0.25) is 0 Å². The van der Waals surface area contributed by atoms with Crippen LogP contribution in [0.5, 0.6) is 0 Å². The fourth-order valence-corrected chi connectivity index (χ4v) is 2.61. The average molecular weight is 279 g/mol. The van der Waals surface area contributed by atoms with Crippen molar-refractivity contribution in [1.29, 1.82) is 0 Å². The van der Waals surface area contributed by atoms with E-state index in [4.69, 9.17) is 5.11 Å². The Hall–Kier alpha value is -1.82. The Balaban J connectivity index is 1.91. The predicted molar refractivity (Wildman–Crippen MR) is 74.7 cm³/mol. The van der Waals surface area contributed by atoms with Crippen LogP contribution >= 0.6 is 0 Å². The van der Waals surface area contributed by atoms with Gasteiger partial charge in [-0.05, 0) is 38.6 Å². The maximum absolute atomic E-state index is 12.1. The summed E-state index contributed by atoms with van der Waals surface area (Å²) in [7, 11) is 2.07. The van der Waals surface area contributed by atoms with Crippen molar-refractivity contribution in [3.63, 3.8) is 0 Å². The van der Waals surface area contributed by atoms with Gasteiger partial charge in [0.05, 0.1) is 0 Å². The molecule has 0 saturated carbocycles. The molecule has 6 heteroatoms. The second-order valence-electron chi connectivity index (χ2n) is 5.26. The number of nitrogens with one attached hydrogen (secondary N) is 1. The zero-order valence-corrected chi connectivity index (χ0v) is 11.7. The van der Waals surface area contributed by atoms with E-state index in [1.54, 1.807) is 18.3 Å². The lowest BCUT2D eigenvalue weighted by molar-refractivity contribution is -0.137. The Morgan fingerprint density at radius 1 is 1.45 bits per heavy atom. The largest absolute Gasteiger partial charge is 0.480 e. The van der Waals surface area contributed by atoms with Gasteiger partial charge in [-0.25, -0.2) is 0 Å². The van der Waals surface area contributed by atoms with Crippen molar-refractivity contribution >= 4 is 11.9 Å². The third-order valence-electron chi connectivity index (χ3n) is 3.79. The summed E-state index contributed by atoms with van der Waals surface area (Å²) in [6.07, 6.45) is 5.10. The summed E-state index contributed by atoms with van der Waals surface area (Å²) in [6.45, 7) is 1.47. The van der Waals surface area contributed by atoms with Gasteiger partial charge in [-0.1, -0.05) is 6.42 Å². The highest BCUT2D eigenvalue weighted by atomic mass is 16.4. The molecule has 0 aliphatic carbocycles. The number of aliphatic carboxylic acids is 1. The SMILES string of the molecule is CN1CCCCC1CNC(=O)c1cccn1CC(=O)O. The van der Waals surface area contributed by atoms with Crippen molar-refractivity contribution < 1.29 is 14.7 Å². The first-order chi connectivity index (χ1) is 9.58. The summed E-state index contributed by atoms with van der Waals surface area (Å²) >= 11 is 0. The summed E-state index contributed by atoms with van der Waals surface area (Å²) < 4.78 is 1.45. The fourth-order valence-electron chi connectivity index (χ4n) is 2.61. The van der Waals surface area contributed by atoms with Crippen molar-refractivity contribution in [2.24, 2.45) is 0 Å². The number of nitrogens with zero attached hydrogens (tertiary/aromatic N) is 2. The summed E-state index contributed by atoms with van der Waals surface area (Å²) in [5, 5.41) is 11.7. The Morgan fingerprint density at radius 3 is 2.95 bits per heavy atom. The van der Waals surface area contributed by atoms with Crippen molar-refractivity contribution in [2.75, 3.05) is 20.1 Å². The quantitative estimate of drug-likeness (QED) is 0.835. The highest BCUT2D eigenvalue weighted by Crippen LogP contribution is 2.14. The lowest BCUT2D eigenvalue weighted by Crippen LogP contribution is -2.44. The van der Waals surface area contributed by atoms with E-state index in [0.717, 1.165) is 13.0 Å². The number of amides is 1. The number of carboxylic acid groups (broad SMARTS) is 1. The molecule has 20 heavy (non-hydrogen) atoms. The first-order valence-electron chi connectivity index (χ1n) is 6.93. The minimum atomic E-state index is -0.956. The molecule has 1 saturated heterocycles. The predicted octanol–water partition coefficient (Wildman–Crippen LogP) is 0.787. The Bertz CT molecular complexity index is 484. The van der Waals surface area contributed by atoms with Gasteiger partial charge in [0.15, 0.2) is 0 Å². The molecule has 110 valence electrons. The van der Waals surface area contributed by atoms with E-state index in [2.05, 4.69) is 17.3 Å². The van der Waals surface area contributed by atoms with Crippen LogP contribution in [0.25, 0.3) is 0 Å². The monoisotopic (exact) mass is 279 g/mol. The van der Waals surface area contributed by atoms with Gasteiger partial charge in [-0.3, -0.25) is 9.59 Å². The second-order valence-corrected chi connectivity index (χ2v) is 5.26. The molecule has 1 fully saturated rings. The molecule has 2 rings (SSSR count). The molecular weight excluding hydrogens is 258 g/mol. The summed E-state index contributed by atoms with van der Waals surface area (Å²) in [5.41, 5.74) is 0.394. The van der Waals surface area contributed by atoms with Crippen LogP contribution in [0.3, 0.4) is 0 Å². The van der Waals surface area contributed by atoms with Gasteiger partial charge in [0.25, 0.3) is 5.91 Å². The fraction of sp³-hybridized carbons (Fsp3) is 0.571. The van der Waals surface area contributed by atoms with Crippen LogP contribution in [0, 0.1) is 0 Å². The molecule has 0 spiro atoms. The van der Waals surface area contributed by atoms with Gasteiger partial charge in [0.2, 0.25) is 0 Å². The standard InChI is InChI=1S/C14H21N3O3/c1-16-7-3-2-5-11(16)9-15-14(20)12-6-4-8-17(12)10-13(18)19/h4,6,8,11H,2-3,5,7,9-10H2,1H3,(H,15,20)(H,18,19). The summed E-state index contributed by atoms with van der Waals surface area (Å²) in [4.78, 5) is 25.1. The molecule has 6 nitrogen and oxygen atoms in total. The van der Waals surface area contributed by atoms with Crippen LogP contribution < -0.4 is 5.32 Å². The van der Waals surface area contributed by atoms with Crippen molar-refractivity contribution in [2.45, 2.75) is 31.8 Å². The normalized spacial score (nSPS) is 19.8. The van der Waals surface area contributed by atoms with Crippen molar-refractivity contribution in [3.05, 3.63) is 24.0 Å². The molecule has 1 aromatic rings. The molecule has 1 amide bonds. The molecule has 1 aromatic heterocycles. The first-order valence-corrected chi connectivity index (χ1v) is 6.93. The number of carbonyl (C=O) groups is 2. The summed E-state index contributed by atoms with van der Waals surface area (Å²) in [5.74, 6) is -1.17. The number of piperidine rings is 1. The zero-order chi connectivity index (χ0) is 14.5. The molecule has 0 aromatic carbocycles. The molecule has 0 radical (unpaired) electrons. The maximum atomic E-state index is 12.1. The van der Waals surface area contributed by atoms with Gasteiger partial charge in [0.1, 0.15) is 12.2 Å². The molecule has 2 heterocycles. The smallest absolute Gasteiger partial charge is 0.323 e. The van der Waals surface area contributed by atoms with Crippen LogP contribution in [-0.4, -0.2) is 52.6 Å². The highest BCUT2D eigenvalue weighted by molar-refractivity contribution is 5.93. The molecular formula is C14H21N3O3.